The van der Waals surface area contributed by atoms with Crippen molar-refractivity contribution in [2.24, 2.45) is 0 Å². The summed E-state index contributed by atoms with van der Waals surface area (Å²) in [5, 5.41) is 2.50. The highest BCUT2D eigenvalue weighted by atomic mass is 19.2. The van der Waals surface area contributed by atoms with Gasteiger partial charge in [-0.2, -0.15) is 0 Å². The Labute approximate surface area is 148 Å². The van der Waals surface area contributed by atoms with E-state index < -0.39 is 17.5 Å². The predicted molar refractivity (Wildman–Crippen MR) is 91.2 cm³/mol. The number of fused-ring (bicyclic) bond motifs is 1. The molecule has 1 heterocycles. The van der Waals surface area contributed by atoms with E-state index in [4.69, 9.17) is 0 Å². The highest BCUT2D eigenvalue weighted by Crippen LogP contribution is 2.28. The lowest BCUT2D eigenvalue weighted by Gasteiger charge is -2.10. The van der Waals surface area contributed by atoms with Gasteiger partial charge in [0, 0.05) is 36.8 Å². The van der Waals surface area contributed by atoms with Crippen LogP contribution in [0, 0.1) is 11.6 Å². The number of halogens is 2. The molecule has 7 heteroatoms. The topological polar surface area (TPSA) is 66.5 Å². The molecule has 0 bridgehead atoms. The lowest BCUT2D eigenvalue weighted by Crippen LogP contribution is -2.26. The van der Waals surface area contributed by atoms with Crippen LogP contribution in [-0.4, -0.2) is 31.2 Å². The molecule has 1 aliphatic rings. The monoisotopic (exact) mass is 358 g/mol. The number of nitrogens with one attached hydrogen (secondary N) is 1. The van der Waals surface area contributed by atoms with Crippen LogP contribution in [0.5, 0.6) is 0 Å². The molecule has 1 N–H and O–H groups in total. The van der Waals surface area contributed by atoms with E-state index in [-0.39, 0.29) is 36.6 Å². The molecular formula is C19H16F2N2O3. The molecular weight excluding hydrogens is 342 g/mol. The van der Waals surface area contributed by atoms with Crippen molar-refractivity contribution in [1.29, 1.82) is 0 Å². The Morgan fingerprint density at radius 2 is 1.81 bits per heavy atom. The van der Waals surface area contributed by atoms with Gasteiger partial charge in [0.2, 0.25) is 5.91 Å². The molecule has 0 saturated heterocycles. The standard InChI is InChI=1S/C19H16F2N2O3/c1-23-16-5-3-11(8-13(16)10-18(23)25)17(24)6-7-22-19(26)12-2-4-14(20)15(21)9-12/h2-5,8-9H,6-7,10H2,1H3,(H,22,26). The number of amides is 2. The molecule has 134 valence electrons. The highest BCUT2D eigenvalue weighted by Gasteiger charge is 2.24. The summed E-state index contributed by atoms with van der Waals surface area (Å²) in [4.78, 5) is 37.4. The molecule has 0 aliphatic carbocycles. The van der Waals surface area contributed by atoms with Gasteiger partial charge in [0.1, 0.15) is 0 Å². The molecule has 0 radical (unpaired) electrons. The van der Waals surface area contributed by atoms with Crippen LogP contribution in [0.2, 0.25) is 0 Å². The van der Waals surface area contributed by atoms with Gasteiger partial charge in [-0.1, -0.05) is 0 Å². The average Bonchev–Trinajstić information content (AvgIpc) is 2.90. The molecule has 0 aromatic heterocycles. The minimum absolute atomic E-state index is 0.0181. The number of carbonyl (C=O) groups excluding carboxylic acids is 3. The third-order valence-corrected chi connectivity index (χ3v) is 4.30. The molecule has 0 fully saturated rings. The van der Waals surface area contributed by atoms with E-state index in [0.29, 0.717) is 5.56 Å². The number of nitrogens with zero attached hydrogens (tertiary/aromatic N) is 1. The molecule has 0 unspecified atom stereocenters. The van der Waals surface area contributed by atoms with Gasteiger partial charge in [0.05, 0.1) is 6.42 Å². The predicted octanol–water partition coefficient (Wildman–Crippen LogP) is 2.49. The lowest BCUT2D eigenvalue weighted by molar-refractivity contribution is -0.117. The Balaban J connectivity index is 1.58. The zero-order valence-corrected chi connectivity index (χ0v) is 14.0. The fraction of sp³-hybridized carbons (Fsp3) is 0.211. The molecule has 3 rings (SSSR count). The fourth-order valence-electron chi connectivity index (χ4n) is 2.82. The van der Waals surface area contributed by atoms with Gasteiger partial charge < -0.3 is 10.2 Å². The maximum Gasteiger partial charge on any atom is 0.251 e. The third-order valence-electron chi connectivity index (χ3n) is 4.30. The summed E-state index contributed by atoms with van der Waals surface area (Å²) in [6, 6.07) is 7.92. The zero-order valence-electron chi connectivity index (χ0n) is 14.0. The summed E-state index contributed by atoms with van der Waals surface area (Å²) in [5.41, 5.74) is 2.04. The summed E-state index contributed by atoms with van der Waals surface area (Å²) in [6.07, 6.45) is 0.317. The Hall–Kier alpha value is -3.09. The number of hydrogen-bond donors (Lipinski definition) is 1. The van der Waals surface area contributed by atoms with Crippen molar-refractivity contribution in [3.63, 3.8) is 0 Å². The molecule has 2 aromatic carbocycles. The number of benzene rings is 2. The van der Waals surface area contributed by atoms with Crippen molar-refractivity contribution in [3.8, 4) is 0 Å². The molecule has 1 aliphatic heterocycles. The van der Waals surface area contributed by atoms with Crippen LogP contribution in [0.3, 0.4) is 0 Å². The Kier molecular flexibility index (Phi) is 4.79. The van der Waals surface area contributed by atoms with Crippen molar-refractivity contribution in [2.45, 2.75) is 12.8 Å². The minimum atomic E-state index is -1.11. The van der Waals surface area contributed by atoms with E-state index in [0.717, 1.165) is 23.4 Å². The Morgan fingerprint density at radius 1 is 1.08 bits per heavy atom. The first-order valence-electron chi connectivity index (χ1n) is 8.03. The first-order chi connectivity index (χ1) is 12.4. The first kappa shape index (κ1) is 17.7. The molecule has 2 aromatic rings. The van der Waals surface area contributed by atoms with Crippen molar-refractivity contribution >= 4 is 23.3 Å². The van der Waals surface area contributed by atoms with Crippen LogP contribution < -0.4 is 10.2 Å². The maximum absolute atomic E-state index is 13.1. The quantitative estimate of drug-likeness (QED) is 0.835. The van der Waals surface area contributed by atoms with E-state index in [1.54, 1.807) is 30.1 Å². The highest BCUT2D eigenvalue weighted by molar-refractivity contribution is 6.03. The van der Waals surface area contributed by atoms with Gasteiger partial charge in [0.15, 0.2) is 17.4 Å². The summed E-state index contributed by atoms with van der Waals surface area (Å²) < 4.78 is 26.0. The number of hydrogen-bond acceptors (Lipinski definition) is 3. The minimum Gasteiger partial charge on any atom is -0.352 e. The summed E-state index contributed by atoms with van der Waals surface area (Å²) >= 11 is 0. The van der Waals surface area contributed by atoms with Gasteiger partial charge in [0.25, 0.3) is 5.91 Å². The molecule has 2 amide bonds. The second-order valence-corrected chi connectivity index (χ2v) is 6.03. The van der Waals surface area contributed by atoms with Crippen LogP contribution in [0.15, 0.2) is 36.4 Å². The van der Waals surface area contributed by atoms with Crippen molar-refractivity contribution in [2.75, 3.05) is 18.5 Å². The van der Waals surface area contributed by atoms with E-state index in [2.05, 4.69) is 5.32 Å². The van der Waals surface area contributed by atoms with E-state index >= 15 is 0 Å². The zero-order chi connectivity index (χ0) is 18.8. The van der Waals surface area contributed by atoms with Gasteiger partial charge in [-0.15, -0.1) is 0 Å². The van der Waals surface area contributed by atoms with Gasteiger partial charge in [-0.3, -0.25) is 14.4 Å². The van der Waals surface area contributed by atoms with Crippen LogP contribution >= 0.6 is 0 Å². The number of likely N-dealkylation sites (N-methyl/N-ethyl adjacent to an activating group) is 1. The Morgan fingerprint density at radius 3 is 2.54 bits per heavy atom. The first-order valence-corrected chi connectivity index (χ1v) is 8.03. The fourth-order valence-corrected chi connectivity index (χ4v) is 2.82. The maximum atomic E-state index is 13.1. The van der Waals surface area contributed by atoms with Crippen LogP contribution in [0.1, 0.15) is 32.7 Å². The number of carbonyl (C=O) groups is 3. The van der Waals surface area contributed by atoms with Crippen LogP contribution in [-0.2, 0) is 11.2 Å². The SMILES string of the molecule is CN1C(=O)Cc2cc(C(=O)CCNC(=O)c3ccc(F)c(F)c3)ccc21. The molecule has 0 spiro atoms. The Bertz CT molecular complexity index is 912. The normalized spacial score (nSPS) is 12.9. The summed E-state index contributed by atoms with van der Waals surface area (Å²) in [7, 11) is 1.68. The van der Waals surface area contributed by atoms with E-state index in [9.17, 15) is 23.2 Å². The van der Waals surface area contributed by atoms with Gasteiger partial charge >= 0.3 is 0 Å². The largest absolute Gasteiger partial charge is 0.352 e. The van der Waals surface area contributed by atoms with Crippen LogP contribution in [0.4, 0.5) is 14.5 Å². The van der Waals surface area contributed by atoms with Crippen molar-refractivity contribution in [1.82, 2.24) is 5.32 Å². The summed E-state index contributed by atoms with van der Waals surface area (Å²) in [6.45, 7) is 0.0621. The van der Waals surface area contributed by atoms with E-state index in [1.807, 2.05) is 0 Å². The second kappa shape index (κ2) is 7.03. The molecule has 0 saturated carbocycles. The van der Waals surface area contributed by atoms with Gasteiger partial charge in [-0.05, 0) is 42.0 Å². The number of Topliss-reactive ketones (excluding diaryl/α,β-unsaturated/α-hetero) is 1. The second-order valence-electron chi connectivity index (χ2n) is 6.03. The third kappa shape index (κ3) is 3.46. The van der Waals surface area contributed by atoms with Crippen LogP contribution in [0.25, 0.3) is 0 Å². The molecule has 0 atom stereocenters. The number of anilines is 1. The summed E-state index contributed by atoms with van der Waals surface area (Å²) in [5.74, 6) is -2.93. The number of rotatable bonds is 5. The number of ketones is 1. The smallest absolute Gasteiger partial charge is 0.251 e. The van der Waals surface area contributed by atoms with E-state index in [1.165, 1.54) is 6.07 Å². The molecule has 5 nitrogen and oxygen atoms in total. The van der Waals surface area contributed by atoms with Crippen molar-refractivity contribution in [3.05, 3.63) is 64.7 Å². The molecule has 26 heavy (non-hydrogen) atoms. The lowest BCUT2D eigenvalue weighted by atomic mass is 10.0. The van der Waals surface area contributed by atoms with Gasteiger partial charge in [-0.25, -0.2) is 8.78 Å². The average molecular weight is 358 g/mol. The van der Waals surface area contributed by atoms with Crippen molar-refractivity contribution < 1.29 is 23.2 Å².